The molecule has 1 fully saturated rings. The smallest absolute Gasteiger partial charge is 0.238 e. The Morgan fingerprint density at radius 3 is 2.79 bits per heavy atom. The zero-order valence-corrected chi connectivity index (χ0v) is 15.9. The maximum Gasteiger partial charge on any atom is 0.238 e. The Kier molecular flexibility index (Phi) is 5.39. The Bertz CT molecular complexity index is 922. The van der Waals surface area contributed by atoms with Crippen LogP contribution in [-0.4, -0.2) is 40.6 Å². The van der Waals surface area contributed by atoms with E-state index in [1.165, 1.54) is 0 Å². The number of methoxy groups -OCH3 is 1. The van der Waals surface area contributed by atoms with Crippen molar-refractivity contribution in [3.05, 3.63) is 72.8 Å². The van der Waals surface area contributed by atoms with E-state index in [0.29, 0.717) is 6.54 Å². The van der Waals surface area contributed by atoms with E-state index >= 15 is 0 Å². The molecular formula is C22H24N4O2. The van der Waals surface area contributed by atoms with Crippen molar-refractivity contribution in [2.45, 2.75) is 18.9 Å². The van der Waals surface area contributed by atoms with Crippen LogP contribution in [0.25, 0.3) is 5.69 Å². The molecule has 1 N–H and O–H groups in total. The molecule has 0 bridgehead atoms. The van der Waals surface area contributed by atoms with Crippen molar-refractivity contribution in [2.24, 2.45) is 0 Å². The lowest BCUT2D eigenvalue weighted by atomic mass is 10.0. The van der Waals surface area contributed by atoms with Crippen LogP contribution in [0.4, 0.5) is 5.69 Å². The second kappa shape index (κ2) is 8.27. The number of nitrogens with zero attached hydrogens (tertiary/aromatic N) is 3. The third kappa shape index (κ3) is 3.92. The van der Waals surface area contributed by atoms with E-state index in [-0.39, 0.29) is 11.9 Å². The number of ether oxygens (including phenoxy) is 1. The van der Waals surface area contributed by atoms with Gasteiger partial charge in [-0.05, 0) is 49.7 Å². The first-order chi connectivity index (χ1) is 13.7. The number of imidazole rings is 1. The Balaban J connectivity index is 1.40. The number of rotatable bonds is 6. The van der Waals surface area contributed by atoms with Crippen molar-refractivity contribution in [3.63, 3.8) is 0 Å². The molecule has 1 saturated heterocycles. The van der Waals surface area contributed by atoms with Gasteiger partial charge in [-0.1, -0.05) is 18.2 Å². The minimum atomic E-state index is -0.00261. The standard InChI is InChI=1S/C22H24N4O2/c1-28-21-7-3-2-5-19(21)20-6-4-13-25(20)15-22(27)24-17-8-10-18(11-9-17)26-14-12-23-16-26/h2-3,5,7-12,14,16,20H,4,6,13,15H2,1H3,(H,24,27)/t20-/m1/s1. The van der Waals surface area contributed by atoms with Crippen LogP contribution in [0.2, 0.25) is 0 Å². The maximum atomic E-state index is 12.6. The van der Waals surface area contributed by atoms with Gasteiger partial charge in [0.15, 0.2) is 0 Å². The van der Waals surface area contributed by atoms with E-state index in [9.17, 15) is 4.79 Å². The fourth-order valence-corrected chi connectivity index (χ4v) is 3.82. The molecular weight excluding hydrogens is 352 g/mol. The molecule has 0 unspecified atom stereocenters. The van der Waals surface area contributed by atoms with Crippen molar-refractivity contribution >= 4 is 11.6 Å². The van der Waals surface area contributed by atoms with Crippen LogP contribution < -0.4 is 10.1 Å². The highest BCUT2D eigenvalue weighted by Gasteiger charge is 2.29. The van der Waals surface area contributed by atoms with Crippen LogP contribution in [0.15, 0.2) is 67.3 Å². The highest BCUT2D eigenvalue weighted by Crippen LogP contribution is 2.36. The van der Waals surface area contributed by atoms with Gasteiger partial charge >= 0.3 is 0 Å². The number of benzene rings is 2. The van der Waals surface area contributed by atoms with Gasteiger partial charge in [0, 0.05) is 35.4 Å². The number of carbonyl (C=O) groups excluding carboxylic acids is 1. The molecule has 1 atom stereocenters. The largest absolute Gasteiger partial charge is 0.496 e. The van der Waals surface area contributed by atoms with Gasteiger partial charge in [-0.25, -0.2) is 4.98 Å². The van der Waals surface area contributed by atoms with E-state index in [4.69, 9.17) is 4.74 Å². The lowest BCUT2D eigenvalue weighted by Crippen LogP contribution is -2.33. The van der Waals surface area contributed by atoms with Gasteiger partial charge in [0.25, 0.3) is 0 Å². The topological polar surface area (TPSA) is 59.4 Å². The van der Waals surface area contributed by atoms with Crippen LogP contribution in [0.1, 0.15) is 24.4 Å². The highest BCUT2D eigenvalue weighted by atomic mass is 16.5. The number of aromatic nitrogens is 2. The van der Waals surface area contributed by atoms with Crippen LogP contribution in [0.3, 0.4) is 0 Å². The van der Waals surface area contributed by atoms with Crippen LogP contribution in [0.5, 0.6) is 5.75 Å². The summed E-state index contributed by atoms with van der Waals surface area (Å²) in [5.41, 5.74) is 2.95. The van der Waals surface area contributed by atoms with E-state index in [2.05, 4.69) is 21.3 Å². The third-order valence-electron chi connectivity index (χ3n) is 5.16. The molecule has 1 amide bonds. The molecule has 1 aliphatic rings. The van der Waals surface area contributed by atoms with Crippen molar-refractivity contribution in [2.75, 3.05) is 25.5 Å². The van der Waals surface area contributed by atoms with Crippen molar-refractivity contribution in [1.82, 2.24) is 14.5 Å². The summed E-state index contributed by atoms with van der Waals surface area (Å²) in [6, 6.07) is 16.0. The molecule has 4 rings (SSSR count). The van der Waals surface area contributed by atoms with Gasteiger partial charge < -0.3 is 14.6 Å². The van der Waals surface area contributed by atoms with Crippen LogP contribution in [-0.2, 0) is 4.79 Å². The average Bonchev–Trinajstić information content (AvgIpc) is 3.41. The summed E-state index contributed by atoms with van der Waals surface area (Å²) >= 11 is 0. The predicted octanol–water partition coefficient (Wildman–Crippen LogP) is 3.66. The number of amides is 1. The quantitative estimate of drug-likeness (QED) is 0.713. The number of hydrogen-bond donors (Lipinski definition) is 1. The Morgan fingerprint density at radius 1 is 1.21 bits per heavy atom. The van der Waals surface area contributed by atoms with E-state index in [0.717, 1.165) is 42.1 Å². The number of nitrogens with one attached hydrogen (secondary N) is 1. The zero-order chi connectivity index (χ0) is 19.3. The molecule has 6 heteroatoms. The minimum Gasteiger partial charge on any atom is -0.496 e. The normalized spacial score (nSPS) is 16.8. The summed E-state index contributed by atoms with van der Waals surface area (Å²) in [4.78, 5) is 18.9. The van der Waals surface area contributed by atoms with E-state index in [1.54, 1.807) is 19.6 Å². The number of carbonyl (C=O) groups is 1. The number of anilines is 1. The molecule has 144 valence electrons. The summed E-state index contributed by atoms with van der Waals surface area (Å²) < 4.78 is 7.44. The fraction of sp³-hybridized carbons (Fsp3) is 0.273. The lowest BCUT2D eigenvalue weighted by Gasteiger charge is -2.25. The number of para-hydroxylation sites is 1. The first-order valence-corrected chi connectivity index (χ1v) is 9.50. The second-order valence-electron chi connectivity index (χ2n) is 6.94. The van der Waals surface area contributed by atoms with Crippen molar-refractivity contribution in [1.29, 1.82) is 0 Å². The summed E-state index contributed by atoms with van der Waals surface area (Å²) in [6.45, 7) is 1.28. The zero-order valence-electron chi connectivity index (χ0n) is 15.9. The van der Waals surface area contributed by atoms with Gasteiger partial charge in [-0.3, -0.25) is 9.69 Å². The molecule has 2 aromatic carbocycles. The predicted molar refractivity (Wildman–Crippen MR) is 109 cm³/mol. The molecule has 1 aromatic heterocycles. The molecule has 0 aliphatic carbocycles. The number of hydrogen-bond acceptors (Lipinski definition) is 4. The Morgan fingerprint density at radius 2 is 2.04 bits per heavy atom. The van der Waals surface area contributed by atoms with Crippen molar-refractivity contribution < 1.29 is 9.53 Å². The average molecular weight is 376 g/mol. The maximum absolute atomic E-state index is 12.6. The number of likely N-dealkylation sites (tertiary alicyclic amines) is 1. The molecule has 3 aromatic rings. The molecule has 0 spiro atoms. The summed E-state index contributed by atoms with van der Waals surface area (Å²) in [7, 11) is 1.69. The van der Waals surface area contributed by atoms with Crippen LogP contribution in [0, 0.1) is 0 Å². The Labute approximate surface area is 164 Å². The molecule has 0 saturated carbocycles. The Hall–Kier alpha value is -3.12. The minimum absolute atomic E-state index is 0.00261. The van der Waals surface area contributed by atoms with Gasteiger partial charge in [0.05, 0.1) is 20.0 Å². The van der Waals surface area contributed by atoms with Gasteiger partial charge in [-0.2, -0.15) is 0 Å². The first-order valence-electron chi connectivity index (χ1n) is 9.50. The lowest BCUT2D eigenvalue weighted by molar-refractivity contribution is -0.117. The molecule has 6 nitrogen and oxygen atoms in total. The SMILES string of the molecule is COc1ccccc1[C@H]1CCCN1CC(=O)Nc1ccc(-n2ccnc2)cc1. The van der Waals surface area contributed by atoms with Crippen molar-refractivity contribution in [3.8, 4) is 11.4 Å². The van der Waals surface area contributed by atoms with Gasteiger partial charge in [-0.15, -0.1) is 0 Å². The van der Waals surface area contributed by atoms with Gasteiger partial charge in [0.1, 0.15) is 5.75 Å². The van der Waals surface area contributed by atoms with E-state index in [1.807, 2.05) is 53.2 Å². The summed E-state index contributed by atoms with van der Waals surface area (Å²) in [5, 5.41) is 3.01. The molecule has 1 aliphatic heterocycles. The second-order valence-corrected chi connectivity index (χ2v) is 6.94. The third-order valence-corrected chi connectivity index (χ3v) is 5.16. The summed E-state index contributed by atoms with van der Waals surface area (Å²) in [6.07, 6.45) is 7.49. The fourth-order valence-electron chi connectivity index (χ4n) is 3.82. The summed E-state index contributed by atoms with van der Waals surface area (Å²) in [5.74, 6) is 0.882. The monoisotopic (exact) mass is 376 g/mol. The molecule has 2 heterocycles. The highest BCUT2D eigenvalue weighted by molar-refractivity contribution is 5.92. The molecule has 28 heavy (non-hydrogen) atoms. The van der Waals surface area contributed by atoms with Gasteiger partial charge in [0.2, 0.25) is 5.91 Å². The van der Waals surface area contributed by atoms with Crippen LogP contribution >= 0.6 is 0 Å². The molecule has 0 radical (unpaired) electrons. The first kappa shape index (κ1) is 18.3. The van der Waals surface area contributed by atoms with E-state index < -0.39 is 0 Å².